The monoisotopic (exact) mass is 342 g/mol. The first-order valence-corrected chi connectivity index (χ1v) is 8.43. The molecule has 0 fully saturated rings. The maximum Gasteiger partial charge on any atom is 0.265 e. The fourth-order valence-electron chi connectivity index (χ4n) is 2.38. The highest BCUT2D eigenvalue weighted by Crippen LogP contribution is 2.12. The molecule has 3 heterocycles. The van der Waals surface area contributed by atoms with Crippen LogP contribution >= 0.6 is 11.5 Å². The number of rotatable bonds is 5. The van der Waals surface area contributed by atoms with Crippen molar-refractivity contribution in [2.24, 2.45) is 0 Å². The van der Waals surface area contributed by atoms with Crippen LogP contribution in [0, 0.1) is 13.8 Å². The minimum Gasteiger partial charge on any atom is -0.347 e. The maximum atomic E-state index is 12.2. The Morgan fingerprint density at radius 2 is 2.17 bits per heavy atom. The fourth-order valence-corrected chi connectivity index (χ4v) is 3.05. The van der Waals surface area contributed by atoms with Crippen LogP contribution in [0.3, 0.4) is 0 Å². The van der Waals surface area contributed by atoms with Crippen LogP contribution in [0.25, 0.3) is 5.82 Å². The lowest BCUT2D eigenvalue weighted by atomic mass is 10.2. The second-order valence-corrected chi connectivity index (χ2v) is 6.20. The minimum absolute atomic E-state index is 0.149. The molecule has 8 heteroatoms. The molecular weight excluding hydrogens is 324 g/mol. The first-order valence-electron chi connectivity index (χ1n) is 7.66. The molecule has 0 unspecified atom stereocenters. The molecule has 0 spiro atoms. The van der Waals surface area contributed by atoms with Crippen LogP contribution in [-0.4, -0.2) is 30.3 Å². The van der Waals surface area contributed by atoms with Crippen molar-refractivity contribution in [2.75, 3.05) is 0 Å². The minimum atomic E-state index is -0.149. The predicted octanol–water partition coefficient (Wildman–Crippen LogP) is 2.23. The second-order valence-electron chi connectivity index (χ2n) is 5.45. The number of nitrogens with zero attached hydrogens (tertiary/aromatic N) is 5. The molecule has 24 heavy (non-hydrogen) atoms. The van der Waals surface area contributed by atoms with E-state index in [-0.39, 0.29) is 5.91 Å². The summed E-state index contributed by atoms with van der Waals surface area (Å²) in [5.41, 5.74) is 3.64. The van der Waals surface area contributed by atoms with E-state index in [2.05, 4.69) is 25.0 Å². The Hall–Kier alpha value is -2.61. The summed E-state index contributed by atoms with van der Waals surface area (Å²) in [5.74, 6) is 0.611. The van der Waals surface area contributed by atoms with E-state index in [1.807, 2.05) is 39.0 Å². The molecule has 0 aliphatic carbocycles. The van der Waals surface area contributed by atoms with Gasteiger partial charge in [-0.15, -0.1) is 5.10 Å². The van der Waals surface area contributed by atoms with Crippen LogP contribution in [0.15, 0.2) is 24.4 Å². The molecule has 0 saturated carbocycles. The van der Waals surface area contributed by atoms with Crippen LogP contribution in [-0.2, 0) is 13.0 Å². The zero-order valence-electron chi connectivity index (χ0n) is 13.8. The van der Waals surface area contributed by atoms with Gasteiger partial charge in [-0.25, -0.2) is 9.67 Å². The molecule has 3 aromatic heterocycles. The van der Waals surface area contributed by atoms with E-state index >= 15 is 0 Å². The van der Waals surface area contributed by atoms with Crippen molar-refractivity contribution in [3.63, 3.8) is 0 Å². The Labute approximate surface area is 143 Å². The van der Waals surface area contributed by atoms with Crippen LogP contribution < -0.4 is 5.32 Å². The normalized spacial score (nSPS) is 10.8. The molecule has 0 saturated heterocycles. The molecule has 7 nitrogen and oxygen atoms in total. The van der Waals surface area contributed by atoms with Crippen molar-refractivity contribution in [2.45, 2.75) is 33.7 Å². The average molecular weight is 342 g/mol. The van der Waals surface area contributed by atoms with Gasteiger partial charge in [-0.1, -0.05) is 17.5 Å². The predicted molar refractivity (Wildman–Crippen MR) is 91.3 cm³/mol. The first kappa shape index (κ1) is 16.3. The molecule has 124 valence electrons. The van der Waals surface area contributed by atoms with E-state index in [0.29, 0.717) is 17.8 Å². The third kappa shape index (κ3) is 3.33. The highest BCUT2D eigenvalue weighted by atomic mass is 32.1. The number of carbonyl (C=O) groups excluding carboxylic acids is 1. The summed E-state index contributed by atoms with van der Waals surface area (Å²) in [5, 5.41) is 11.2. The number of pyridine rings is 1. The van der Waals surface area contributed by atoms with Crippen molar-refractivity contribution in [3.8, 4) is 5.82 Å². The Morgan fingerprint density at radius 3 is 2.79 bits per heavy atom. The van der Waals surface area contributed by atoms with Gasteiger partial charge < -0.3 is 5.32 Å². The molecule has 0 aromatic carbocycles. The van der Waals surface area contributed by atoms with E-state index in [4.69, 9.17) is 0 Å². The Bertz CT molecular complexity index is 852. The summed E-state index contributed by atoms with van der Waals surface area (Å²) in [7, 11) is 0. The number of aryl methyl sites for hydroxylation is 3. The van der Waals surface area contributed by atoms with Crippen molar-refractivity contribution >= 4 is 17.4 Å². The SMILES string of the molecule is CCc1nnsc1C(=O)NCc1ccc(-n2nc(C)cc2C)nc1. The average Bonchev–Trinajstić information content (AvgIpc) is 3.19. The quantitative estimate of drug-likeness (QED) is 0.768. The van der Waals surface area contributed by atoms with Gasteiger partial charge in [-0.2, -0.15) is 5.10 Å². The smallest absolute Gasteiger partial charge is 0.265 e. The number of amides is 1. The molecule has 0 atom stereocenters. The van der Waals surface area contributed by atoms with Crippen LogP contribution in [0.5, 0.6) is 0 Å². The van der Waals surface area contributed by atoms with Crippen LogP contribution in [0.2, 0.25) is 0 Å². The number of aromatic nitrogens is 5. The first-order chi connectivity index (χ1) is 11.6. The summed E-state index contributed by atoms with van der Waals surface area (Å²) in [6.07, 6.45) is 2.44. The lowest BCUT2D eigenvalue weighted by Gasteiger charge is -2.06. The van der Waals surface area contributed by atoms with Gasteiger partial charge in [0.2, 0.25) is 0 Å². The third-order valence-electron chi connectivity index (χ3n) is 3.59. The third-order valence-corrected chi connectivity index (χ3v) is 4.35. The highest BCUT2D eigenvalue weighted by Gasteiger charge is 2.14. The van der Waals surface area contributed by atoms with Crippen molar-refractivity contribution in [3.05, 3.63) is 51.9 Å². The van der Waals surface area contributed by atoms with Gasteiger partial charge in [0.15, 0.2) is 5.82 Å². The highest BCUT2D eigenvalue weighted by molar-refractivity contribution is 7.08. The molecule has 0 aliphatic heterocycles. The van der Waals surface area contributed by atoms with E-state index in [9.17, 15) is 4.79 Å². The van der Waals surface area contributed by atoms with Gasteiger partial charge in [0.05, 0.1) is 11.4 Å². The number of hydrogen-bond acceptors (Lipinski definition) is 6. The zero-order valence-corrected chi connectivity index (χ0v) is 14.6. The number of nitrogens with one attached hydrogen (secondary N) is 1. The summed E-state index contributed by atoms with van der Waals surface area (Å²) in [6.45, 7) is 6.30. The molecular formula is C16H18N6OS. The van der Waals surface area contributed by atoms with Gasteiger partial charge in [0.1, 0.15) is 4.88 Å². The van der Waals surface area contributed by atoms with Gasteiger partial charge in [0, 0.05) is 18.4 Å². The van der Waals surface area contributed by atoms with E-state index in [0.717, 1.165) is 40.0 Å². The maximum absolute atomic E-state index is 12.2. The zero-order chi connectivity index (χ0) is 17.1. The Morgan fingerprint density at radius 1 is 1.33 bits per heavy atom. The standard InChI is InChI=1S/C16H18N6OS/c1-4-13-15(24-21-19-13)16(23)18-9-12-5-6-14(17-8-12)22-11(3)7-10(2)20-22/h5-8H,4,9H2,1-3H3,(H,18,23). The largest absolute Gasteiger partial charge is 0.347 e. The Kier molecular flexibility index (Phi) is 4.66. The van der Waals surface area contributed by atoms with Crippen LogP contribution in [0.1, 0.15) is 39.2 Å². The van der Waals surface area contributed by atoms with Crippen molar-refractivity contribution in [1.29, 1.82) is 0 Å². The molecule has 0 radical (unpaired) electrons. The number of hydrogen-bond donors (Lipinski definition) is 1. The van der Waals surface area contributed by atoms with Crippen molar-refractivity contribution < 1.29 is 4.79 Å². The van der Waals surface area contributed by atoms with Gasteiger partial charge in [-0.3, -0.25) is 4.79 Å². The van der Waals surface area contributed by atoms with E-state index in [1.165, 1.54) is 0 Å². The summed E-state index contributed by atoms with van der Waals surface area (Å²) in [6, 6.07) is 5.83. The molecule has 0 bridgehead atoms. The lowest BCUT2D eigenvalue weighted by molar-refractivity contribution is 0.0954. The Balaban J connectivity index is 1.66. The molecule has 1 N–H and O–H groups in total. The lowest BCUT2D eigenvalue weighted by Crippen LogP contribution is -2.23. The molecule has 0 aliphatic rings. The number of carbonyl (C=O) groups is 1. The van der Waals surface area contributed by atoms with Crippen molar-refractivity contribution in [1.82, 2.24) is 29.7 Å². The molecule has 1 amide bonds. The molecule has 3 rings (SSSR count). The summed E-state index contributed by atoms with van der Waals surface area (Å²) < 4.78 is 5.63. The molecule has 3 aromatic rings. The summed E-state index contributed by atoms with van der Waals surface area (Å²) in [4.78, 5) is 17.2. The summed E-state index contributed by atoms with van der Waals surface area (Å²) >= 11 is 1.12. The van der Waals surface area contributed by atoms with E-state index < -0.39 is 0 Å². The van der Waals surface area contributed by atoms with Crippen LogP contribution in [0.4, 0.5) is 0 Å². The van der Waals surface area contributed by atoms with Gasteiger partial charge in [-0.05, 0) is 49.5 Å². The fraction of sp³-hybridized carbons (Fsp3) is 0.312. The topological polar surface area (TPSA) is 85.6 Å². The van der Waals surface area contributed by atoms with E-state index in [1.54, 1.807) is 10.9 Å². The second kappa shape index (κ2) is 6.88. The van der Waals surface area contributed by atoms with Gasteiger partial charge in [0.25, 0.3) is 5.91 Å². The van der Waals surface area contributed by atoms with Gasteiger partial charge >= 0.3 is 0 Å².